The van der Waals surface area contributed by atoms with Crippen molar-refractivity contribution in [1.29, 1.82) is 0 Å². The molecule has 0 amide bonds. The van der Waals surface area contributed by atoms with Gasteiger partial charge in [0.25, 0.3) is 0 Å². The summed E-state index contributed by atoms with van der Waals surface area (Å²) in [7, 11) is 0. The van der Waals surface area contributed by atoms with E-state index in [9.17, 15) is 26.7 Å². The fourth-order valence-corrected chi connectivity index (χ4v) is 2.12. The van der Waals surface area contributed by atoms with E-state index in [2.05, 4.69) is 0 Å². The standard InChI is InChI=1S/C13H11F5O3/c14-12(15)4-7(5-12)6-21-10-2-1-8(11(19)20)3-9(10)13(16,17)18/h1-3,7H,4-6H2,(H,19,20). The molecule has 0 spiro atoms. The van der Waals surface area contributed by atoms with Gasteiger partial charge in [-0.3, -0.25) is 0 Å². The van der Waals surface area contributed by atoms with Crippen molar-refractivity contribution in [2.75, 3.05) is 6.61 Å². The summed E-state index contributed by atoms with van der Waals surface area (Å²) < 4.78 is 68.7. The zero-order chi connectivity index (χ0) is 15.8. The molecule has 2 rings (SSSR count). The number of ether oxygens (including phenoxy) is 1. The molecule has 8 heteroatoms. The Morgan fingerprint density at radius 1 is 1.33 bits per heavy atom. The summed E-state index contributed by atoms with van der Waals surface area (Å²) in [5, 5.41) is 8.70. The third-order valence-corrected chi connectivity index (χ3v) is 3.18. The maximum Gasteiger partial charge on any atom is 0.419 e. The summed E-state index contributed by atoms with van der Waals surface area (Å²) in [5.41, 5.74) is -1.75. The summed E-state index contributed by atoms with van der Waals surface area (Å²) in [6, 6.07) is 2.33. The minimum Gasteiger partial charge on any atom is -0.493 e. The second-order valence-corrected chi connectivity index (χ2v) is 4.96. The molecular weight excluding hydrogens is 299 g/mol. The largest absolute Gasteiger partial charge is 0.493 e. The molecule has 1 fully saturated rings. The predicted octanol–water partition coefficient (Wildman–Crippen LogP) is 3.83. The first-order valence-corrected chi connectivity index (χ1v) is 6.04. The van der Waals surface area contributed by atoms with Gasteiger partial charge in [-0.15, -0.1) is 0 Å². The van der Waals surface area contributed by atoms with Gasteiger partial charge in [-0.2, -0.15) is 13.2 Å². The van der Waals surface area contributed by atoms with E-state index in [1.54, 1.807) is 0 Å². The van der Waals surface area contributed by atoms with Crippen LogP contribution in [0.1, 0.15) is 28.8 Å². The first kappa shape index (κ1) is 15.5. The number of hydrogen-bond donors (Lipinski definition) is 1. The van der Waals surface area contributed by atoms with Gasteiger partial charge in [0.15, 0.2) is 0 Å². The predicted molar refractivity (Wildman–Crippen MR) is 61.6 cm³/mol. The van der Waals surface area contributed by atoms with Crippen molar-refractivity contribution < 1.29 is 36.6 Å². The molecule has 0 unspecified atom stereocenters. The zero-order valence-electron chi connectivity index (χ0n) is 10.6. The minimum atomic E-state index is -4.79. The van der Waals surface area contributed by atoms with Crippen LogP contribution in [0.4, 0.5) is 22.0 Å². The van der Waals surface area contributed by atoms with Crippen LogP contribution in [-0.2, 0) is 6.18 Å². The van der Waals surface area contributed by atoms with Gasteiger partial charge in [0.1, 0.15) is 5.75 Å². The molecule has 1 saturated carbocycles. The number of benzene rings is 1. The van der Waals surface area contributed by atoms with Crippen molar-refractivity contribution in [3.05, 3.63) is 29.3 Å². The Morgan fingerprint density at radius 2 is 1.95 bits per heavy atom. The lowest BCUT2D eigenvalue weighted by atomic mass is 9.82. The van der Waals surface area contributed by atoms with Crippen LogP contribution in [0.25, 0.3) is 0 Å². The molecule has 21 heavy (non-hydrogen) atoms. The van der Waals surface area contributed by atoms with Crippen molar-refractivity contribution in [1.82, 2.24) is 0 Å². The van der Waals surface area contributed by atoms with Crippen LogP contribution in [0.15, 0.2) is 18.2 Å². The minimum absolute atomic E-state index is 0.259. The topological polar surface area (TPSA) is 46.5 Å². The molecule has 1 aliphatic carbocycles. The van der Waals surface area contributed by atoms with Crippen LogP contribution in [0.2, 0.25) is 0 Å². The SMILES string of the molecule is O=C(O)c1ccc(OCC2CC(F)(F)C2)c(C(F)(F)F)c1. The molecule has 116 valence electrons. The number of hydrogen-bond acceptors (Lipinski definition) is 2. The molecule has 0 aliphatic heterocycles. The highest BCUT2D eigenvalue weighted by Crippen LogP contribution is 2.43. The maximum absolute atomic E-state index is 12.8. The molecular formula is C13H11F5O3. The average Bonchev–Trinajstić information content (AvgIpc) is 2.32. The van der Waals surface area contributed by atoms with Crippen molar-refractivity contribution >= 4 is 5.97 Å². The van der Waals surface area contributed by atoms with Gasteiger partial charge in [-0.25, -0.2) is 13.6 Å². The van der Waals surface area contributed by atoms with Crippen molar-refractivity contribution in [2.24, 2.45) is 5.92 Å². The van der Waals surface area contributed by atoms with Crippen molar-refractivity contribution in [2.45, 2.75) is 24.9 Å². The monoisotopic (exact) mass is 310 g/mol. The third-order valence-electron chi connectivity index (χ3n) is 3.18. The van der Waals surface area contributed by atoms with Crippen LogP contribution in [-0.4, -0.2) is 23.6 Å². The number of carboxylic acids is 1. The second-order valence-electron chi connectivity index (χ2n) is 4.96. The molecule has 1 aliphatic rings. The highest BCUT2D eigenvalue weighted by atomic mass is 19.4. The Kier molecular flexibility index (Phi) is 3.81. The zero-order valence-corrected chi connectivity index (χ0v) is 10.6. The number of alkyl halides is 5. The maximum atomic E-state index is 12.8. The second kappa shape index (κ2) is 5.16. The first-order valence-electron chi connectivity index (χ1n) is 6.04. The molecule has 0 radical (unpaired) electrons. The number of carboxylic acid groups (broad SMARTS) is 1. The van der Waals surface area contributed by atoms with Gasteiger partial charge < -0.3 is 9.84 Å². The third kappa shape index (κ3) is 3.62. The van der Waals surface area contributed by atoms with E-state index in [4.69, 9.17) is 9.84 Å². The van der Waals surface area contributed by atoms with Gasteiger partial charge in [-0.05, 0) is 18.2 Å². The van der Waals surface area contributed by atoms with Gasteiger partial charge in [-0.1, -0.05) is 0 Å². The summed E-state index contributed by atoms with van der Waals surface area (Å²) in [6.07, 6.45) is -5.62. The molecule has 0 atom stereocenters. The highest BCUT2D eigenvalue weighted by Gasteiger charge is 2.45. The molecule has 3 nitrogen and oxygen atoms in total. The Bertz CT molecular complexity index is 545. The Balaban J connectivity index is 2.13. The molecule has 0 heterocycles. The van der Waals surface area contributed by atoms with E-state index in [1.807, 2.05) is 0 Å². The van der Waals surface area contributed by atoms with Crippen molar-refractivity contribution in [3.63, 3.8) is 0 Å². The average molecular weight is 310 g/mol. The molecule has 1 N–H and O–H groups in total. The quantitative estimate of drug-likeness (QED) is 0.860. The normalized spacial score (nSPS) is 18.1. The first-order chi connectivity index (χ1) is 9.58. The highest BCUT2D eigenvalue weighted by molar-refractivity contribution is 5.88. The van der Waals surface area contributed by atoms with E-state index in [0.717, 1.165) is 12.1 Å². The van der Waals surface area contributed by atoms with Crippen LogP contribution in [0.3, 0.4) is 0 Å². The summed E-state index contributed by atoms with van der Waals surface area (Å²) >= 11 is 0. The fraction of sp³-hybridized carbons (Fsp3) is 0.462. The van der Waals surface area contributed by atoms with E-state index in [1.165, 1.54) is 0 Å². The van der Waals surface area contributed by atoms with E-state index < -0.39 is 53.7 Å². The number of carbonyl (C=O) groups is 1. The van der Waals surface area contributed by atoms with Crippen LogP contribution in [0, 0.1) is 5.92 Å². The van der Waals surface area contributed by atoms with Gasteiger partial charge in [0, 0.05) is 18.8 Å². The fourth-order valence-electron chi connectivity index (χ4n) is 2.12. The summed E-state index contributed by atoms with van der Waals surface area (Å²) in [4.78, 5) is 10.7. The summed E-state index contributed by atoms with van der Waals surface area (Å²) in [5.74, 6) is -5.32. The van der Waals surface area contributed by atoms with Crippen molar-refractivity contribution in [3.8, 4) is 5.75 Å². The smallest absolute Gasteiger partial charge is 0.419 e. The Labute approximate surface area is 116 Å². The molecule has 1 aromatic carbocycles. The van der Waals surface area contributed by atoms with Gasteiger partial charge in [0.05, 0.1) is 17.7 Å². The molecule has 0 aromatic heterocycles. The molecule has 0 bridgehead atoms. The molecule has 0 saturated heterocycles. The summed E-state index contributed by atoms with van der Waals surface area (Å²) in [6.45, 7) is -0.259. The van der Waals surface area contributed by atoms with E-state index >= 15 is 0 Å². The van der Waals surface area contributed by atoms with Crippen LogP contribution in [0.5, 0.6) is 5.75 Å². The molecule has 1 aromatic rings. The van der Waals surface area contributed by atoms with Gasteiger partial charge in [0.2, 0.25) is 5.92 Å². The lowest BCUT2D eigenvalue weighted by molar-refractivity contribution is -0.140. The lowest BCUT2D eigenvalue weighted by Gasteiger charge is -2.34. The Hall–Kier alpha value is -1.86. The lowest BCUT2D eigenvalue weighted by Crippen LogP contribution is -2.38. The number of halogens is 5. The number of rotatable bonds is 4. The Morgan fingerprint density at radius 3 is 2.43 bits per heavy atom. The van der Waals surface area contributed by atoms with E-state index in [-0.39, 0.29) is 6.61 Å². The number of aromatic carboxylic acids is 1. The van der Waals surface area contributed by atoms with Crippen LogP contribution >= 0.6 is 0 Å². The van der Waals surface area contributed by atoms with E-state index in [0.29, 0.717) is 6.07 Å². The van der Waals surface area contributed by atoms with Gasteiger partial charge >= 0.3 is 12.1 Å². The van der Waals surface area contributed by atoms with Crippen LogP contribution < -0.4 is 4.74 Å².